The van der Waals surface area contributed by atoms with Crippen LogP contribution >= 0.6 is 12.2 Å². The maximum absolute atomic E-state index is 14.5. The highest BCUT2D eigenvalue weighted by Crippen LogP contribution is 2.18. The molecule has 0 aromatic heterocycles. The van der Waals surface area contributed by atoms with Gasteiger partial charge in [0.05, 0.1) is 39.1 Å². The van der Waals surface area contributed by atoms with Crippen molar-refractivity contribution >= 4 is 94.2 Å². The number of cyclic esters (lactones) is 1. The van der Waals surface area contributed by atoms with Gasteiger partial charge in [0, 0.05) is 13.0 Å². The second-order valence-electron chi connectivity index (χ2n) is 24.7. The highest BCUT2D eigenvalue weighted by atomic mass is 32.1. The molecule has 2 aliphatic heterocycles. The Hall–Kier alpha value is -8.14. The van der Waals surface area contributed by atoms with Crippen LogP contribution in [0.1, 0.15) is 133 Å². The molecule has 2 saturated heterocycles. The van der Waals surface area contributed by atoms with Gasteiger partial charge in [-0.05, 0) is 94.5 Å². The zero-order chi connectivity index (χ0) is 71.9. The lowest BCUT2D eigenvalue weighted by molar-refractivity contribution is -0.157. The lowest BCUT2D eigenvalue weighted by atomic mass is 9.94. The second-order valence-corrected chi connectivity index (χ2v) is 25.1. The van der Waals surface area contributed by atoms with Crippen molar-refractivity contribution in [3.8, 4) is 0 Å². The molecule has 2 aliphatic rings. The Morgan fingerprint density at radius 2 is 1.14 bits per heavy atom. The number of carbonyl (C=O) groups is 13. The van der Waals surface area contributed by atoms with Gasteiger partial charge in [-0.3, -0.25) is 62.4 Å². The highest BCUT2D eigenvalue weighted by molar-refractivity contribution is 7.80. The van der Waals surface area contributed by atoms with Crippen LogP contribution in [0, 0.1) is 23.7 Å². The first-order chi connectivity index (χ1) is 45.5. The molecule has 0 spiro atoms. The first-order valence-electron chi connectivity index (χ1n) is 32.9. The predicted octanol–water partition coefficient (Wildman–Crippen LogP) is -3.95. The summed E-state index contributed by atoms with van der Waals surface area (Å²) in [6, 6.07) is -6.48. The summed E-state index contributed by atoms with van der Waals surface area (Å²) in [5, 5.41) is 58.7. The van der Waals surface area contributed by atoms with Crippen molar-refractivity contribution in [2.45, 2.75) is 206 Å². The van der Waals surface area contributed by atoms with Gasteiger partial charge in [0.2, 0.25) is 70.9 Å². The van der Waals surface area contributed by atoms with Crippen LogP contribution in [0.3, 0.4) is 0 Å². The fraction of sp³-hybridized carbons (Fsp3) is 0.683. The monoisotopic (exact) mass is 1370 g/mol. The van der Waals surface area contributed by atoms with E-state index in [1.165, 1.54) is 13.8 Å². The zero-order valence-corrected chi connectivity index (χ0v) is 57.8. The number of rotatable bonds is 37. The van der Waals surface area contributed by atoms with Crippen LogP contribution < -0.4 is 80.2 Å². The topological polar surface area (TPSA) is 469 Å². The van der Waals surface area contributed by atoms with Gasteiger partial charge in [0.15, 0.2) is 5.11 Å². The molecule has 3 rings (SSSR count). The molecule has 0 radical (unpaired) electrons. The first-order valence-corrected chi connectivity index (χ1v) is 33.3. The number of nitrogens with zero attached hydrogens (tertiary/aromatic N) is 1. The summed E-state index contributed by atoms with van der Waals surface area (Å²) in [6.45, 7) is 15.2. The molecule has 538 valence electrons. The van der Waals surface area contributed by atoms with Crippen molar-refractivity contribution in [1.82, 2.24) is 79.3 Å². The fourth-order valence-electron chi connectivity index (χ4n) is 10.2. The normalized spacial score (nSPS) is 21.3. The van der Waals surface area contributed by atoms with Crippen molar-refractivity contribution in [1.29, 1.82) is 0 Å². The van der Waals surface area contributed by atoms with Crippen molar-refractivity contribution < 1.29 is 77.3 Å². The summed E-state index contributed by atoms with van der Waals surface area (Å²) in [6.07, 6.45) is -0.0118. The van der Waals surface area contributed by atoms with E-state index in [-0.39, 0.29) is 38.3 Å². The molecule has 0 unspecified atom stereocenters. The number of ether oxygens (including phenoxy) is 1. The molecule has 2 heterocycles. The van der Waals surface area contributed by atoms with E-state index in [4.69, 9.17) is 22.7 Å². The lowest BCUT2D eigenvalue weighted by Crippen LogP contribution is -2.63. The number of carbonyl (C=O) groups excluding carboxylic acids is 13. The second kappa shape index (κ2) is 41.7. The van der Waals surface area contributed by atoms with Crippen LogP contribution in [-0.4, -0.2) is 216 Å². The summed E-state index contributed by atoms with van der Waals surface area (Å²) in [4.78, 5) is 181. The number of esters is 1. The van der Waals surface area contributed by atoms with Crippen LogP contribution in [0.5, 0.6) is 0 Å². The van der Waals surface area contributed by atoms with Gasteiger partial charge >= 0.3 is 5.97 Å². The molecular formula is C63H104N16O16S. The number of amides is 12. The average molecular weight is 1370 g/mol. The number of benzene rings is 1. The summed E-state index contributed by atoms with van der Waals surface area (Å²) in [5.41, 5.74) is 6.32. The SMILES string of the molecule is CC[C@@H](C)[C@@H](NC(=O)[C@@H](CCC(N)=O)NC(=O)[C@H](CO)NC(=O)[C@@H](NC(=O)[C@@H](Cc1ccccc1)NC)[C@@H](C)CC)C(=O)N[C@H](C(=O)N[C@@H](CO)C(=O)N[C@H]1C(=O)N[C@@H](C)C(=O)N[C@@H](CCCCNC(=O)CN2CNC(=S)NC2)C(=O)N[C@@H]([C@@H](C)CC)C(=O)O[C@H]1C)[C@@H](C)CC. The minimum Gasteiger partial charge on any atom is -0.458 e. The van der Waals surface area contributed by atoms with E-state index in [9.17, 15) is 72.5 Å². The maximum Gasteiger partial charge on any atom is 0.329 e. The van der Waals surface area contributed by atoms with E-state index in [1.807, 2.05) is 30.3 Å². The lowest BCUT2D eigenvalue weighted by Gasteiger charge is -2.31. The van der Waals surface area contributed by atoms with Crippen LogP contribution in [0.2, 0.25) is 0 Å². The Morgan fingerprint density at radius 1 is 0.635 bits per heavy atom. The van der Waals surface area contributed by atoms with Crippen molar-refractivity contribution in [3.63, 3.8) is 0 Å². The summed E-state index contributed by atoms with van der Waals surface area (Å²) < 4.78 is 5.76. The number of hydrogen-bond acceptors (Lipinski definition) is 19. The molecule has 0 saturated carbocycles. The van der Waals surface area contributed by atoms with Crippen molar-refractivity contribution in [2.75, 3.05) is 46.7 Å². The quantitative estimate of drug-likeness (QED) is 0.0172. The number of unbranched alkanes of at least 4 members (excludes halogenated alkanes) is 1. The number of hydrogen-bond donors (Lipinski definition) is 17. The van der Waals surface area contributed by atoms with E-state index < -0.39 is 193 Å². The van der Waals surface area contributed by atoms with Crippen LogP contribution in [-0.2, 0) is 73.5 Å². The predicted molar refractivity (Wildman–Crippen MR) is 356 cm³/mol. The number of aliphatic hydroxyl groups excluding tert-OH is 2. The first kappa shape index (κ1) is 82.1. The van der Waals surface area contributed by atoms with Crippen LogP contribution in [0.4, 0.5) is 0 Å². The summed E-state index contributed by atoms with van der Waals surface area (Å²) in [5.74, 6) is -13.5. The van der Waals surface area contributed by atoms with E-state index in [2.05, 4.69) is 74.4 Å². The molecule has 12 amide bonds. The maximum atomic E-state index is 14.5. The minimum absolute atomic E-state index is 0.0621. The zero-order valence-electron chi connectivity index (χ0n) is 57.0. The number of nitrogens with two attached hydrogens (primary N) is 1. The van der Waals surface area contributed by atoms with Gasteiger partial charge in [0.25, 0.3) is 0 Å². The minimum atomic E-state index is -1.84. The number of aliphatic hydroxyl groups is 2. The van der Waals surface area contributed by atoms with Gasteiger partial charge < -0.3 is 95.1 Å². The third-order valence-corrected chi connectivity index (χ3v) is 17.6. The highest BCUT2D eigenvalue weighted by Gasteiger charge is 2.41. The standard InChI is InChI=1S/C63H104N16O16S/c1-12-33(5)47(75-55(87)42(65-11)27-39-21-17-16-18-22-39)58(90)72-43(29-80)56(88)71-41(24-25-45(64)82)54(86)74-49(35(7)14-3)60(92)76-48(34(6)13-2)59(91)73-44(30-81)57(89)78-51-38(10)95-62(94)50(36(8)15-4)77-53(85)40(70-52(84)37(9)69-61(51)93)23-19-20-26-66-46(83)28-79-31-67-63(96)68-32-79/h16-18,21-22,33-38,40-44,47-51,65,80-81H,12-15,19-20,23-32H2,1-11H3,(H2,64,82)(H,66,83)(H,69,93)(H,70,84)(H,71,88)(H,72,90)(H,73,91)(H,74,86)(H,75,87)(H,76,92)(H,77,85)(H,78,89)(H2,67,68,96)/t33-,34-,35+,36-,37-,38-,40-,41+,42+,43-,44-,47-,48-,49+,50-,51+/m0/s1. The Labute approximate surface area is 566 Å². The molecule has 1 aromatic rings. The van der Waals surface area contributed by atoms with Crippen LogP contribution in [0.15, 0.2) is 30.3 Å². The summed E-state index contributed by atoms with van der Waals surface area (Å²) >= 11 is 5.05. The van der Waals surface area contributed by atoms with Crippen molar-refractivity contribution in [2.24, 2.45) is 29.4 Å². The molecule has 33 heteroatoms. The van der Waals surface area contributed by atoms with Crippen molar-refractivity contribution in [3.05, 3.63) is 35.9 Å². The van der Waals surface area contributed by atoms with Gasteiger partial charge in [-0.1, -0.05) is 111 Å². The molecule has 32 nitrogen and oxygen atoms in total. The molecule has 16 atom stereocenters. The average Bonchev–Trinajstić information content (AvgIpc) is 1.41. The van der Waals surface area contributed by atoms with E-state index in [1.54, 1.807) is 67.3 Å². The molecule has 0 aliphatic carbocycles. The van der Waals surface area contributed by atoms with E-state index in [0.29, 0.717) is 50.6 Å². The Morgan fingerprint density at radius 3 is 1.65 bits per heavy atom. The number of thiocarbonyl (C=S) groups is 1. The Kier molecular flexibility index (Phi) is 35.7. The third kappa shape index (κ3) is 26.5. The molecule has 96 heavy (non-hydrogen) atoms. The smallest absolute Gasteiger partial charge is 0.329 e. The van der Waals surface area contributed by atoms with Gasteiger partial charge in [0.1, 0.15) is 66.5 Å². The summed E-state index contributed by atoms with van der Waals surface area (Å²) in [7, 11) is 1.60. The number of nitrogens with one attached hydrogen (secondary N) is 14. The molecule has 18 N–H and O–H groups in total. The number of primary amides is 1. The largest absolute Gasteiger partial charge is 0.458 e. The Balaban J connectivity index is 1.81. The number of likely N-dealkylation sites (N-methyl/N-ethyl adjacent to an activating group) is 1. The molecule has 1 aromatic carbocycles. The molecule has 0 bridgehead atoms. The van der Waals surface area contributed by atoms with E-state index in [0.717, 1.165) is 5.56 Å². The molecular weight excluding hydrogens is 1270 g/mol. The van der Waals surface area contributed by atoms with Gasteiger partial charge in [-0.15, -0.1) is 0 Å². The molecule has 2 fully saturated rings. The van der Waals surface area contributed by atoms with E-state index >= 15 is 0 Å². The van der Waals surface area contributed by atoms with Crippen LogP contribution in [0.25, 0.3) is 0 Å². The Bertz CT molecular complexity index is 2820. The van der Waals surface area contributed by atoms with Gasteiger partial charge in [-0.25, -0.2) is 4.79 Å². The fourth-order valence-corrected chi connectivity index (χ4v) is 10.3. The third-order valence-electron chi connectivity index (χ3n) is 17.3. The van der Waals surface area contributed by atoms with Gasteiger partial charge in [-0.2, -0.15) is 0 Å².